The zero-order valence-electron chi connectivity index (χ0n) is 13.0. The molecular weight excluding hydrogens is 328 g/mol. The van der Waals surface area contributed by atoms with Crippen LogP contribution in [0.2, 0.25) is 0 Å². The minimum absolute atomic E-state index is 0.202. The topological polar surface area (TPSA) is 68.2 Å². The summed E-state index contributed by atoms with van der Waals surface area (Å²) in [5.74, 6) is 1.35. The van der Waals surface area contributed by atoms with Gasteiger partial charge in [0.1, 0.15) is 0 Å². The van der Waals surface area contributed by atoms with Crippen molar-refractivity contribution in [2.24, 2.45) is 5.10 Å². The number of ether oxygens (including phenoxy) is 2. The molecule has 0 aromatic heterocycles. The first-order chi connectivity index (χ1) is 11.5. The highest BCUT2D eigenvalue weighted by molar-refractivity contribution is 7.88. The number of benzene rings is 2. The number of hydrogen-bond donors (Lipinski definition) is 0. The lowest BCUT2D eigenvalue weighted by molar-refractivity contribution is 0.174. The van der Waals surface area contributed by atoms with Gasteiger partial charge in [-0.25, -0.2) is 8.42 Å². The van der Waals surface area contributed by atoms with Gasteiger partial charge in [0.25, 0.3) is 0 Å². The molecule has 24 heavy (non-hydrogen) atoms. The van der Waals surface area contributed by atoms with Crippen LogP contribution in [0.3, 0.4) is 0 Å². The minimum atomic E-state index is -3.46. The Morgan fingerprint density at radius 3 is 2.58 bits per heavy atom. The Bertz CT molecular complexity index is 909. The molecule has 1 unspecified atom stereocenters. The molecule has 7 heteroatoms. The van der Waals surface area contributed by atoms with E-state index >= 15 is 0 Å². The van der Waals surface area contributed by atoms with Gasteiger partial charge in [-0.15, -0.1) is 0 Å². The average Bonchev–Trinajstić information content (AvgIpc) is 3.21. The van der Waals surface area contributed by atoms with Crippen molar-refractivity contribution in [3.05, 3.63) is 59.7 Å². The van der Waals surface area contributed by atoms with E-state index in [4.69, 9.17) is 9.47 Å². The molecule has 0 bridgehead atoms. The van der Waals surface area contributed by atoms with E-state index in [1.807, 2.05) is 48.5 Å². The van der Waals surface area contributed by atoms with Gasteiger partial charge in [-0.05, 0) is 23.8 Å². The lowest BCUT2D eigenvalue weighted by Gasteiger charge is -2.21. The standard InChI is InChI=1S/C17H16N2O4S/c1-24(20,21)19-15(12-5-3-2-4-6-12)10-14(18-19)13-7-8-16-17(9-13)23-11-22-16/h2-9,15H,10-11H2,1H3. The van der Waals surface area contributed by atoms with Crippen LogP contribution in [0, 0.1) is 0 Å². The quantitative estimate of drug-likeness (QED) is 0.858. The first-order valence-corrected chi connectivity index (χ1v) is 9.39. The molecule has 2 heterocycles. The van der Waals surface area contributed by atoms with Crippen molar-refractivity contribution in [2.75, 3.05) is 13.0 Å². The summed E-state index contributed by atoms with van der Waals surface area (Å²) in [4.78, 5) is 0. The molecule has 0 saturated carbocycles. The lowest BCUT2D eigenvalue weighted by atomic mass is 9.99. The van der Waals surface area contributed by atoms with E-state index in [2.05, 4.69) is 5.10 Å². The second kappa shape index (κ2) is 5.52. The van der Waals surface area contributed by atoms with Crippen molar-refractivity contribution < 1.29 is 17.9 Å². The first-order valence-electron chi connectivity index (χ1n) is 7.54. The van der Waals surface area contributed by atoms with Gasteiger partial charge in [-0.1, -0.05) is 30.3 Å². The number of fused-ring (bicyclic) bond motifs is 1. The summed E-state index contributed by atoms with van der Waals surface area (Å²) >= 11 is 0. The van der Waals surface area contributed by atoms with Crippen molar-refractivity contribution in [2.45, 2.75) is 12.5 Å². The smallest absolute Gasteiger partial charge is 0.247 e. The fourth-order valence-corrected chi connectivity index (χ4v) is 3.87. The molecule has 0 N–H and O–H groups in total. The Kier molecular flexibility index (Phi) is 3.45. The molecule has 6 nitrogen and oxygen atoms in total. The van der Waals surface area contributed by atoms with E-state index in [9.17, 15) is 8.42 Å². The van der Waals surface area contributed by atoms with Crippen LogP contribution in [0.5, 0.6) is 11.5 Å². The molecular formula is C17H16N2O4S. The number of rotatable bonds is 3. The fraction of sp³-hybridized carbons (Fsp3) is 0.235. The van der Waals surface area contributed by atoms with Crippen molar-refractivity contribution in [3.8, 4) is 11.5 Å². The minimum Gasteiger partial charge on any atom is -0.454 e. The summed E-state index contributed by atoms with van der Waals surface area (Å²) in [6.07, 6.45) is 1.69. The second-order valence-corrected chi connectivity index (χ2v) is 7.62. The van der Waals surface area contributed by atoms with Crippen LogP contribution >= 0.6 is 0 Å². The van der Waals surface area contributed by atoms with E-state index in [0.717, 1.165) is 11.1 Å². The van der Waals surface area contributed by atoms with Crippen molar-refractivity contribution in [1.82, 2.24) is 4.41 Å². The van der Waals surface area contributed by atoms with Crippen LogP contribution in [0.25, 0.3) is 0 Å². The molecule has 2 aliphatic heterocycles. The lowest BCUT2D eigenvalue weighted by Crippen LogP contribution is -2.25. The van der Waals surface area contributed by atoms with Crippen LogP contribution in [0.4, 0.5) is 0 Å². The van der Waals surface area contributed by atoms with Gasteiger partial charge >= 0.3 is 0 Å². The zero-order valence-corrected chi connectivity index (χ0v) is 13.9. The maximum atomic E-state index is 12.2. The monoisotopic (exact) mass is 344 g/mol. The largest absolute Gasteiger partial charge is 0.454 e. The van der Waals surface area contributed by atoms with Gasteiger partial charge in [0, 0.05) is 12.0 Å². The molecule has 1 atom stereocenters. The predicted octanol–water partition coefficient (Wildman–Crippen LogP) is 2.53. The van der Waals surface area contributed by atoms with Gasteiger partial charge in [-0.2, -0.15) is 9.52 Å². The number of hydrogen-bond acceptors (Lipinski definition) is 5. The number of nitrogens with zero attached hydrogens (tertiary/aromatic N) is 2. The highest BCUT2D eigenvalue weighted by Crippen LogP contribution is 2.37. The third-order valence-corrected chi connectivity index (χ3v) is 5.12. The van der Waals surface area contributed by atoms with E-state index < -0.39 is 10.0 Å². The maximum absolute atomic E-state index is 12.2. The Morgan fingerprint density at radius 1 is 1.08 bits per heavy atom. The SMILES string of the molecule is CS(=O)(=O)N1N=C(c2ccc3c(c2)OCO3)CC1c1ccccc1. The van der Waals surface area contributed by atoms with Crippen LogP contribution < -0.4 is 9.47 Å². The van der Waals surface area contributed by atoms with Gasteiger partial charge in [0.2, 0.25) is 16.8 Å². The number of hydrazone groups is 1. The molecule has 2 aromatic carbocycles. The predicted molar refractivity (Wildman–Crippen MR) is 89.6 cm³/mol. The van der Waals surface area contributed by atoms with E-state index in [1.54, 1.807) is 0 Å². The molecule has 0 aliphatic carbocycles. The summed E-state index contributed by atoms with van der Waals surface area (Å²) in [5, 5.41) is 4.38. The van der Waals surface area contributed by atoms with Crippen LogP contribution in [0.1, 0.15) is 23.6 Å². The Balaban J connectivity index is 1.72. The van der Waals surface area contributed by atoms with Gasteiger partial charge in [0.05, 0.1) is 18.0 Å². The second-order valence-electron chi connectivity index (χ2n) is 5.78. The molecule has 2 aliphatic rings. The third kappa shape index (κ3) is 2.60. The number of sulfonamides is 1. The molecule has 0 saturated heterocycles. The highest BCUT2D eigenvalue weighted by atomic mass is 32.2. The normalized spacial score (nSPS) is 19.5. The van der Waals surface area contributed by atoms with E-state index in [0.29, 0.717) is 23.6 Å². The van der Waals surface area contributed by atoms with Gasteiger partial charge in [-0.3, -0.25) is 0 Å². The van der Waals surface area contributed by atoms with Gasteiger partial charge in [0.15, 0.2) is 11.5 Å². The highest BCUT2D eigenvalue weighted by Gasteiger charge is 2.34. The molecule has 4 rings (SSSR count). The summed E-state index contributed by atoms with van der Waals surface area (Å²) in [6.45, 7) is 0.202. The molecule has 2 aromatic rings. The summed E-state index contributed by atoms with van der Waals surface area (Å²) in [5.41, 5.74) is 2.47. The molecule has 0 fully saturated rings. The molecule has 124 valence electrons. The zero-order chi connectivity index (χ0) is 16.7. The summed E-state index contributed by atoms with van der Waals surface area (Å²) < 4.78 is 36.2. The Labute approximate surface area is 140 Å². The summed E-state index contributed by atoms with van der Waals surface area (Å²) in [6, 6.07) is 14.7. The molecule has 0 radical (unpaired) electrons. The Morgan fingerprint density at radius 2 is 1.83 bits per heavy atom. The van der Waals surface area contributed by atoms with Crippen molar-refractivity contribution >= 4 is 15.7 Å². The van der Waals surface area contributed by atoms with E-state index in [1.165, 1.54) is 10.7 Å². The third-order valence-electron chi connectivity index (χ3n) is 4.10. The molecule has 0 amide bonds. The van der Waals surface area contributed by atoms with Crippen molar-refractivity contribution in [1.29, 1.82) is 0 Å². The molecule has 0 spiro atoms. The van der Waals surface area contributed by atoms with Crippen molar-refractivity contribution in [3.63, 3.8) is 0 Å². The van der Waals surface area contributed by atoms with E-state index in [-0.39, 0.29) is 12.8 Å². The van der Waals surface area contributed by atoms with Gasteiger partial charge < -0.3 is 9.47 Å². The fourth-order valence-electron chi connectivity index (χ4n) is 2.97. The van der Waals surface area contributed by atoms with Crippen LogP contribution in [0.15, 0.2) is 53.6 Å². The first kappa shape index (κ1) is 15.0. The van der Waals surface area contributed by atoms with Crippen LogP contribution in [-0.2, 0) is 10.0 Å². The Hall–Kier alpha value is -2.54. The summed E-state index contributed by atoms with van der Waals surface area (Å²) in [7, 11) is -3.46. The van der Waals surface area contributed by atoms with Crippen LogP contribution in [-0.4, -0.2) is 31.6 Å². The average molecular weight is 344 g/mol. The maximum Gasteiger partial charge on any atom is 0.247 e.